The van der Waals surface area contributed by atoms with E-state index >= 15 is 0 Å². The molecule has 0 aliphatic rings. The van der Waals surface area contributed by atoms with E-state index in [9.17, 15) is 0 Å². The maximum Gasteiger partial charge on any atom is 0.137 e. The third-order valence-corrected chi connectivity index (χ3v) is 2.19. The van der Waals surface area contributed by atoms with Gasteiger partial charge in [0, 0.05) is 18.0 Å². The zero-order chi connectivity index (χ0) is 11.5. The first-order valence-corrected chi connectivity index (χ1v) is 5.62. The number of hydrogen-bond acceptors (Lipinski definition) is 4. The highest BCUT2D eigenvalue weighted by Gasteiger charge is 2.18. The summed E-state index contributed by atoms with van der Waals surface area (Å²) in [5, 5.41) is 11.7. The second kappa shape index (κ2) is 4.90. The van der Waals surface area contributed by atoms with Crippen LogP contribution in [-0.4, -0.2) is 28.2 Å². The van der Waals surface area contributed by atoms with E-state index in [1.807, 2.05) is 0 Å². The van der Waals surface area contributed by atoms with Gasteiger partial charge in [-0.25, -0.2) is 9.97 Å². The quantitative estimate of drug-likeness (QED) is 0.827. The zero-order valence-corrected chi connectivity index (χ0v) is 10.8. The van der Waals surface area contributed by atoms with Crippen LogP contribution in [0.4, 0.5) is 5.82 Å². The molecule has 4 nitrogen and oxygen atoms in total. The predicted octanol–water partition coefficient (Wildman–Crippen LogP) is 1.94. The van der Waals surface area contributed by atoms with Crippen LogP contribution in [0.25, 0.3) is 0 Å². The smallest absolute Gasteiger partial charge is 0.137 e. The molecular formula is C10H16BrN3O. The van der Waals surface area contributed by atoms with Crippen LogP contribution in [0, 0.1) is 0 Å². The lowest BCUT2D eigenvalue weighted by molar-refractivity contribution is 0.311. The molecule has 0 unspecified atom stereocenters. The van der Waals surface area contributed by atoms with Crippen molar-refractivity contribution in [2.24, 2.45) is 0 Å². The van der Waals surface area contributed by atoms with Gasteiger partial charge in [0.05, 0.1) is 6.61 Å². The molecule has 0 saturated carbocycles. The molecule has 84 valence electrons. The molecular weight excluding hydrogens is 258 g/mol. The minimum absolute atomic E-state index is 0.0839. The van der Waals surface area contributed by atoms with E-state index in [1.54, 1.807) is 6.07 Å². The van der Waals surface area contributed by atoms with Crippen LogP contribution in [0.15, 0.2) is 10.7 Å². The molecule has 0 aliphatic heterocycles. The van der Waals surface area contributed by atoms with Crippen LogP contribution >= 0.6 is 15.9 Å². The van der Waals surface area contributed by atoms with Crippen molar-refractivity contribution in [2.75, 3.05) is 18.5 Å². The van der Waals surface area contributed by atoms with Crippen LogP contribution < -0.4 is 5.32 Å². The van der Waals surface area contributed by atoms with Gasteiger partial charge in [-0.1, -0.05) is 20.8 Å². The van der Waals surface area contributed by atoms with E-state index in [0.29, 0.717) is 6.54 Å². The summed E-state index contributed by atoms with van der Waals surface area (Å²) < 4.78 is 0.753. The van der Waals surface area contributed by atoms with Crippen molar-refractivity contribution < 1.29 is 5.11 Å². The van der Waals surface area contributed by atoms with Gasteiger partial charge in [-0.05, 0) is 15.9 Å². The van der Waals surface area contributed by atoms with Gasteiger partial charge in [-0.2, -0.15) is 0 Å². The molecule has 1 rings (SSSR count). The number of anilines is 1. The maximum atomic E-state index is 8.71. The van der Waals surface area contributed by atoms with E-state index in [-0.39, 0.29) is 12.0 Å². The lowest BCUT2D eigenvalue weighted by atomic mass is 9.96. The lowest BCUT2D eigenvalue weighted by Crippen LogP contribution is -2.18. The van der Waals surface area contributed by atoms with Crippen LogP contribution in [0.1, 0.15) is 26.6 Å². The number of nitrogens with one attached hydrogen (secondary N) is 1. The lowest BCUT2D eigenvalue weighted by Gasteiger charge is -2.17. The molecule has 0 atom stereocenters. The fourth-order valence-electron chi connectivity index (χ4n) is 1.03. The summed E-state index contributed by atoms with van der Waals surface area (Å²) in [4.78, 5) is 8.70. The molecule has 15 heavy (non-hydrogen) atoms. The number of aliphatic hydroxyl groups is 1. The summed E-state index contributed by atoms with van der Waals surface area (Å²) in [7, 11) is 0. The van der Waals surface area contributed by atoms with Gasteiger partial charge in [0.15, 0.2) is 0 Å². The summed E-state index contributed by atoms with van der Waals surface area (Å²) in [5.41, 5.74) is -0.0839. The molecule has 0 saturated heterocycles. The van der Waals surface area contributed by atoms with Crippen LogP contribution in [0.5, 0.6) is 0 Å². The van der Waals surface area contributed by atoms with E-state index in [0.717, 1.165) is 16.2 Å². The Morgan fingerprint density at radius 1 is 1.40 bits per heavy atom. The minimum Gasteiger partial charge on any atom is -0.395 e. The summed E-state index contributed by atoms with van der Waals surface area (Å²) in [6, 6.07) is 1.80. The van der Waals surface area contributed by atoms with Crippen LogP contribution in [0.3, 0.4) is 0 Å². The minimum atomic E-state index is -0.0839. The SMILES string of the molecule is CC(C)(C)c1nc(Br)cc(NCCO)n1. The molecule has 0 spiro atoms. The first-order chi connectivity index (χ1) is 6.93. The van der Waals surface area contributed by atoms with Crippen molar-refractivity contribution in [3.8, 4) is 0 Å². The summed E-state index contributed by atoms with van der Waals surface area (Å²) in [6.45, 7) is 6.76. The van der Waals surface area contributed by atoms with E-state index < -0.39 is 0 Å². The molecule has 0 bridgehead atoms. The molecule has 1 heterocycles. The normalized spacial score (nSPS) is 11.5. The van der Waals surface area contributed by atoms with E-state index in [2.05, 4.69) is 52.0 Å². The van der Waals surface area contributed by atoms with Gasteiger partial charge >= 0.3 is 0 Å². The molecule has 1 aromatic rings. The van der Waals surface area contributed by atoms with Crippen molar-refractivity contribution in [1.82, 2.24) is 9.97 Å². The Kier molecular flexibility index (Phi) is 4.04. The van der Waals surface area contributed by atoms with Crippen molar-refractivity contribution in [3.63, 3.8) is 0 Å². The van der Waals surface area contributed by atoms with Gasteiger partial charge in [0.25, 0.3) is 0 Å². The maximum absolute atomic E-state index is 8.71. The fourth-order valence-corrected chi connectivity index (χ4v) is 1.41. The molecule has 5 heteroatoms. The number of aliphatic hydroxyl groups excluding tert-OH is 1. The number of aromatic nitrogens is 2. The van der Waals surface area contributed by atoms with Gasteiger partial charge in [-0.15, -0.1) is 0 Å². The average Bonchev–Trinajstić information content (AvgIpc) is 2.12. The van der Waals surface area contributed by atoms with E-state index in [1.165, 1.54) is 0 Å². The second-order valence-corrected chi connectivity index (χ2v) is 5.11. The Morgan fingerprint density at radius 3 is 2.60 bits per heavy atom. The number of rotatable bonds is 3. The molecule has 1 aromatic heterocycles. The van der Waals surface area contributed by atoms with Crippen molar-refractivity contribution in [3.05, 3.63) is 16.5 Å². The first-order valence-electron chi connectivity index (χ1n) is 4.83. The third kappa shape index (κ3) is 3.76. The first kappa shape index (κ1) is 12.4. The molecule has 0 fully saturated rings. The average molecular weight is 274 g/mol. The number of nitrogens with zero attached hydrogens (tertiary/aromatic N) is 2. The highest BCUT2D eigenvalue weighted by Crippen LogP contribution is 2.22. The highest BCUT2D eigenvalue weighted by atomic mass is 79.9. The van der Waals surface area contributed by atoms with E-state index in [4.69, 9.17) is 5.11 Å². The Bertz CT molecular complexity index is 336. The van der Waals surface area contributed by atoms with Crippen molar-refractivity contribution in [2.45, 2.75) is 26.2 Å². The van der Waals surface area contributed by atoms with Gasteiger partial charge in [0.1, 0.15) is 16.2 Å². The van der Waals surface area contributed by atoms with Crippen LogP contribution in [-0.2, 0) is 5.41 Å². The summed E-state index contributed by atoms with van der Waals surface area (Å²) in [6.07, 6.45) is 0. The van der Waals surface area contributed by atoms with Crippen LogP contribution in [0.2, 0.25) is 0 Å². The standard InChI is InChI=1S/C10H16BrN3O/c1-10(2,3)9-13-7(11)6-8(14-9)12-4-5-15/h6,15H,4-5H2,1-3H3,(H,12,13,14). The monoisotopic (exact) mass is 273 g/mol. The van der Waals surface area contributed by atoms with Gasteiger partial charge in [-0.3, -0.25) is 0 Å². The molecule has 0 radical (unpaired) electrons. The number of hydrogen-bond donors (Lipinski definition) is 2. The number of halogens is 1. The van der Waals surface area contributed by atoms with Crippen molar-refractivity contribution in [1.29, 1.82) is 0 Å². The molecule has 2 N–H and O–H groups in total. The predicted molar refractivity (Wildman–Crippen MR) is 64.0 cm³/mol. The topological polar surface area (TPSA) is 58.0 Å². The Balaban J connectivity index is 2.95. The fraction of sp³-hybridized carbons (Fsp3) is 0.600. The van der Waals surface area contributed by atoms with Crippen molar-refractivity contribution >= 4 is 21.7 Å². The Hall–Kier alpha value is -0.680. The largest absolute Gasteiger partial charge is 0.395 e. The zero-order valence-electron chi connectivity index (χ0n) is 9.21. The molecule has 0 aromatic carbocycles. The summed E-state index contributed by atoms with van der Waals surface area (Å²) in [5.74, 6) is 1.51. The third-order valence-electron chi connectivity index (χ3n) is 1.78. The molecule has 0 aliphatic carbocycles. The Morgan fingerprint density at radius 2 is 2.07 bits per heavy atom. The van der Waals surface area contributed by atoms with Gasteiger partial charge in [0.2, 0.25) is 0 Å². The summed E-state index contributed by atoms with van der Waals surface area (Å²) >= 11 is 3.34. The highest BCUT2D eigenvalue weighted by molar-refractivity contribution is 9.10. The van der Waals surface area contributed by atoms with Gasteiger partial charge < -0.3 is 10.4 Å². The molecule has 0 amide bonds. The Labute approximate surface area is 98.3 Å². The second-order valence-electron chi connectivity index (χ2n) is 4.30.